The molecule has 0 aromatic rings. The molecular formula is C11H23P. The second-order valence-electron chi connectivity index (χ2n) is 4.27. The average Bonchev–Trinajstić information content (AvgIpc) is 2.19. The molecule has 0 aliphatic carbocycles. The maximum absolute atomic E-state index is 2.65. The second-order valence-corrected chi connectivity index (χ2v) is 11.1. The van der Waals surface area contributed by atoms with E-state index in [-0.39, 0.29) is 0 Å². The van der Waals surface area contributed by atoms with Crippen LogP contribution in [0.5, 0.6) is 0 Å². The molecule has 0 atom stereocenters. The first-order chi connectivity index (χ1) is 5.70. The zero-order valence-electron chi connectivity index (χ0n) is 8.84. The topological polar surface area (TPSA) is 0 Å². The monoisotopic (exact) mass is 186 g/mol. The van der Waals surface area contributed by atoms with Gasteiger partial charge in [-0.2, -0.15) is 0 Å². The number of hydrogen-bond acceptors (Lipinski definition) is 0. The van der Waals surface area contributed by atoms with Crippen molar-refractivity contribution in [3.05, 3.63) is 11.9 Å². The summed E-state index contributed by atoms with van der Waals surface area (Å²) >= 11 is 0. The Labute approximate surface area is 77.4 Å². The van der Waals surface area contributed by atoms with Crippen LogP contribution in [-0.2, 0) is 0 Å². The Morgan fingerprint density at radius 1 is 1.08 bits per heavy atom. The third-order valence-electron chi connectivity index (χ3n) is 4.22. The Kier molecular flexibility index (Phi) is 2.99. The van der Waals surface area contributed by atoms with Gasteiger partial charge in [0.05, 0.1) is 0 Å². The Balaban J connectivity index is 2.97. The fourth-order valence-electron chi connectivity index (χ4n) is 2.54. The summed E-state index contributed by atoms with van der Waals surface area (Å²) in [6.45, 7) is 5.91. The van der Waals surface area contributed by atoms with Gasteiger partial charge < -0.3 is 0 Å². The summed E-state index contributed by atoms with van der Waals surface area (Å²) in [6, 6.07) is 0. The molecule has 0 saturated carbocycles. The summed E-state index contributed by atoms with van der Waals surface area (Å²) in [5.74, 6) is 2.65. The summed E-state index contributed by atoms with van der Waals surface area (Å²) < 4.78 is 0. The zero-order chi connectivity index (χ0) is 9.10. The van der Waals surface area contributed by atoms with Crippen LogP contribution in [0.2, 0.25) is 0 Å². The van der Waals surface area contributed by atoms with Crippen LogP contribution in [0.3, 0.4) is 0 Å². The normalized spacial score (nSPS) is 29.1. The van der Waals surface area contributed by atoms with Crippen LogP contribution in [0.1, 0.15) is 33.6 Å². The molecule has 0 aromatic heterocycles. The van der Waals surface area contributed by atoms with E-state index in [2.05, 4.69) is 32.7 Å². The van der Waals surface area contributed by atoms with Crippen LogP contribution in [0.15, 0.2) is 11.9 Å². The fraction of sp³-hybridized carbons (Fsp3) is 0.818. The number of rotatable bonds is 3. The molecule has 72 valence electrons. The Morgan fingerprint density at radius 2 is 1.67 bits per heavy atom. The standard InChI is InChI=1S/C11H23P/c1-4-12(5-2,6-3)10-8-7-9-11-12/h8,10H,4-7,9,11H2,1-3H3. The molecule has 0 amide bonds. The van der Waals surface area contributed by atoms with E-state index in [4.69, 9.17) is 0 Å². The second kappa shape index (κ2) is 3.50. The van der Waals surface area contributed by atoms with Crippen molar-refractivity contribution in [3.63, 3.8) is 0 Å². The van der Waals surface area contributed by atoms with Crippen LogP contribution < -0.4 is 0 Å². The molecule has 0 N–H and O–H groups in total. The minimum atomic E-state index is -1.30. The molecular weight excluding hydrogens is 163 g/mol. The van der Waals surface area contributed by atoms with Crippen LogP contribution in [0.4, 0.5) is 0 Å². The van der Waals surface area contributed by atoms with Gasteiger partial charge in [0.15, 0.2) is 0 Å². The Morgan fingerprint density at radius 3 is 1.92 bits per heavy atom. The molecule has 0 unspecified atom stereocenters. The van der Waals surface area contributed by atoms with Crippen LogP contribution >= 0.6 is 6.60 Å². The van der Waals surface area contributed by atoms with Gasteiger partial charge >= 0.3 is 76.8 Å². The van der Waals surface area contributed by atoms with E-state index in [1.54, 1.807) is 0 Å². The Hall–Kier alpha value is 0.170. The van der Waals surface area contributed by atoms with E-state index in [0.717, 1.165) is 0 Å². The molecule has 0 aromatic carbocycles. The zero-order valence-corrected chi connectivity index (χ0v) is 9.74. The van der Waals surface area contributed by atoms with Gasteiger partial charge in [-0.05, 0) is 0 Å². The minimum absolute atomic E-state index is 1.30. The van der Waals surface area contributed by atoms with Crippen molar-refractivity contribution in [2.24, 2.45) is 0 Å². The van der Waals surface area contributed by atoms with Gasteiger partial charge in [0.1, 0.15) is 0 Å². The summed E-state index contributed by atoms with van der Waals surface area (Å²) in [4.78, 5) is 0. The van der Waals surface area contributed by atoms with Crippen LogP contribution in [0.25, 0.3) is 0 Å². The first kappa shape index (κ1) is 10.3. The average molecular weight is 186 g/mol. The van der Waals surface area contributed by atoms with Crippen molar-refractivity contribution in [1.82, 2.24) is 0 Å². The maximum atomic E-state index is 2.65. The summed E-state index contributed by atoms with van der Waals surface area (Å²) in [7, 11) is 0. The van der Waals surface area contributed by atoms with Gasteiger partial charge in [-0.3, -0.25) is 0 Å². The third kappa shape index (κ3) is 1.46. The predicted molar refractivity (Wildman–Crippen MR) is 61.8 cm³/mol. The van der Waals surface area contributed by atoms with Crippen molar-refractivity contribution >= 4 is 6.60 Å². The van der Waals surface area contributed by atoms with Gasteiger partial charge in [-0.15, -0.1) is 0 Å². The third-order valence-corrected chi connectivity index (χ3v) is 11.9. The number of allylic oxidation sites excluding steroid dienone is 1. The molecule has 1 heterocycles. The van der Waals surface area contributed by atoms with Gasteiger partial charge in [0.2, 0.25) is 0 Å². The van der Waals surface area contributed by atoms with Crippen molar-refractivity contribution in [1.29, 1.82) is 0 Å². The van der Waals surface area contributed by atoms with E-state index in [1.165, 1.54) is 37.5 Å². The van der Waals surface area contributed by atoms with E-state index in [1.807, 2.05) is 0 Å². The van der Waals surface area contributed by atoms with Crippen molar-refractivity contribution in [3.8, 4) is 0 Å². The quantitative estimate of drug-likeness (QED) is 0.586. The van der Waals surface area contributed by atoms with E-state index in [9.17, 15) is 0 Å². The van der Waals surface area contributed by atoms with Crippen molar-refractivity contribution in [2.75, 3.05) is 24.6 Å². The first-order valence-electron chi connectivity index (χ1n) is 5.39. The molecule has 0 radical (unpaired) electrons. The molecule has 1 rings (SSSR count). The van der Waals surface area contributed by atoms with Crippen LogP contribution in [0, 0.1) is 0 Å². The SMILES string of the molecule is CCP1(CC)(CC)C=CCCC1. The molecule has 1 aliphatic heterocycles. The summed E-state index contributed by atoms with van der Waals surface area (Å²) in [6.07, 6.45) is 11.1. The molecule has 12 heavy (non-hydrogen) atoms. The van der Waals surface area contributed by atoms with Gasteiger partial charge in [-0.25, -0.2) is 0 Å². The predicted octanol–water partition coefficient (Wildman–Crippen LogP) is 3.91. The molecule has 0 bridgehead atoms. The molecule has 0 nitrogen and oxygen atoms in total. The van der Waals surface area contributed by atoms with Crippen LogP contribution in [-0.4, -0.2) is 24.6 Å². The number of hydrogen-bond donors (Lipinski definition) is 0. The van der Waals surface area contributed by atoms with Gasteiger partial charge in [0, 0.05) is 0 Å². The van der Waals surface area contributed by atoms with E-state index >= 15 is 0 Å². The Bertz CT molecular complexity index is 166. The van der Waals surface area contributed by atoms with Gasteiger partial charge in [-0.1, -0.05) is 0 Å². The first-order valence-corrected chi connectivity index (χ1v) is 8.43. The van der Waals surface area contributed by atoms with Gasteiger partial charge in [0.25, 0.3) is 0 Å². The van der Waals surface area contributed by atoms with Crippen molar-refractivity contribution < 1.29 is 0 Å². The molecule has 1 aliphatic rings. The molecule has 0 saturated heterocycles. The van der Waals surface area contributed by atoms with Crippen molar-refractivity contribution in [2.45, 2.75) is 33.6 Å². The fourth-order valence-corrected chi connectivity index (χ4v) is 7.40. The summed E-state index contributed by atoms with van der Waals surface area (Å²) in [5.41, 5.74) is 0. The molecule has 0 spiro atoms. The molecule has 0 fully saturated rings. The summed E-state index contributed by atoms with van der Waals surface area (Å²) in [5, 5.41) is 0. The van der Waals surface area contributed by atoms with E-state index < -0.39 is 6.60 Å². The molecule has 1 heteroatoms. The van der Waals surface area contributed by atoms with E-state index in [0.29, 0.717) is 0 Å².